The summed E-state index contributed by atoms with van der Waals surface area (Å²) in [5.74, 6) is 0.230. The molecule has 7 heteroatoms. The van der Waals surface area contributed by atoms with E-state index in [-0.39, 0.29) is 18.7 Å². The number of rotatable bonds is 8. The number of pyridine rings is 1. The number of aromatic nitrogens is 1. The predicted octanol–water partition coefficient (Wildman–Crippen LogP) is 0.999. The van der Waals surface area contributed by atoms with Crippen LogP contribution in [0.5, 0.6) is 5.75 Å². The van der Waals surface area contributed by atoms with E-state index in [0.29, 0.717) is 12.3 Å². The first-order valence-electron chi connectivity index (χ1n) is 7.86. The molecule has 1 amide bonds. The monoisotopic (exact) mass is 346 g/mol. The molecule has 1 aromatic heterocycles. The van der Waals surface area contributed by atoms with Crippen molar-refractivity contribution < 1.29 is 19.4 Å². The van der Waals surface area contributed by atoms with E-state index in [1.165, 1.54) is 6.07 Å². The van der Waals surface area contributed by atoms with Crippen molar-refractivity contribution in [3.8, 4) is 5.75 Å². The molecular weight excluding hydrogens is 324 g/mol. The van der Waals surface area contributed by atoms with Crippen molar-refractivity contribution in [3.05, 3.63) is 63.6 Å². The highest BCUT2D eigenvalue weighted by atomic mass is 16.5. The number of carbonyl (C=O) groups excluding carboxylic acids is 1. The Balaban J connectivity index is 1.73. The van der Waals surface area contributed by atoms with E-state index in [9.17, 15) is 14.7 Å². The lowest BCUT2D eigenvalue weighted by atomic mass is 10.2. The molecule has 0 aliphatic heterocycles. The van der Waals surface area contributed by atoms with Gasteiger partial charge in [0.1, 0.15) is 11.3 Å². The van der Waals surface area contributed by atoms with Gasteiger partial charge in [0.2, 0.25) is 0 Å². The molecule has 0 aliphatic rings. The van der Waals surface area contributed by atoms with Crippen LogP contribution in [-0.2, 0) is 11.3 Å². The number of hydrogen-bond acceptors (Lipinski definition) is 5. The van der Waals surface area contributed by atoms with E-state index < -0.39 is 17.6 Å². The number of benzene rings is 1. The second-order valence-electron chi connectivity index (χ2n) is 5.61. The van der Waals surface area contributed by atoms with E-state index in [2.05, 4.69) is 10.3 Å². The maximum Gasteiger partial charge on any atom is 0.260 e. The minimum absolute atomic E-state index is 0.00520. The highest BCUT2D eigenvalue weighted by Crippen LogP contribution is 2.11. The molecule has 2 rings (SSSR count). The van der Waals surface area contributed by atoms with Gasteiger partial charge in [-0.1, -0.05) is 12.1 Å². The van der Waals surface area contributed by atoms with Crippen molar-refractivity contribution in [3.63, 3.8) is 0 Å². The number of methoxy groups -OCH3 is 1. The summed E-state index contributed by atoms with van der Waals surface area (Å²) in [6.45, 7) is 2.13. The van der Waals surface area contributed by atoms with Crippen molar-refractivity contribution in [1.82, 2.24) is 10.3 Å². The standard InChI is InChI=1S/C18H22N2O5/c1-12-3-8-16(18(23)20-12)17(22)19-9-14(21)11-25-10-13-4-6-15(24-2)7-5-13/h3-8,14,21H,9-11H2,1-2H3,(H,19,22)(H,20,23)/t14-/m1/s1. The van der Waals surface area contributed by atoms with Crippen LogP contribution in [0, 0.1) is 6.92 Å². The largest absolute Gasteiger partial charge is 0.497 e. The lowest BCUT2D eigenvalue weighted by molar-refractivity contribution is 0.0285. The van der Waals surface area contributed by atoms with Crippen LogP contribution in [0.2, 0.25) is 0 Å². The summed E-state index contributed by atoms with van der Waals surface area (Å²) in [6, 6.07) is 10.5. The Kier molecular flexibility index (Phi) is 6.73. The third kappa shape index (κ3) is 5.74. The number of aliphatic hydroxyl groups excluding tert-OH is 1. The maximum absolute atomic E-state index is 11.9. The second-order valence-corrected chi connectivity index (χ2v) is 5.61. The Morgan fingerprint density at radius 1 is 1.24 bits per heavy atom. The Bertz CT molecular complexity index is 755. The fourth-order valence-electron chi connectivity index (χ4n) is 2.15. The molecule has 0 fully saturated rings. The van der Waals surface area contributed by atoms with Gasteiger partial charge in [0.05, 0.1) is 26.4 Å². The Hall–Kier alpha value is -2.64. The molecule has 134 valence electrons. The molecule has 0 saturated heterocycles. The highest BCUT2D eigenvalue weighted by molar-refractivity contribution is 5.93. The fraction of sp³-hybridized carbons (Fsp3) is 0.333. The first-order chi connectivity index (χ1) is 12.0. The highest BCUT2D eigenvalue weighted by Gasteiger charge is 2.12. The average Bonchev–Trinajstić information content (AvgIpc) is 2.60. The predicted molar refractivity (Wildman–Crippen MR) is 92.8 cm³/mol. The van der Waals surface area contributed by atoms with Crippen molar-refractivity contribution >= 4 is 5.91 Å². The molecule has 25 heavy (non-hydrogen) atoms. The minimum Gasteiger partial charge on any atom is -0.497 e. The average molecular weight is 346 g/mol. The number of hydrogen-bond donors (Lipinski definition) is 3. The molecule has 0 radical (unpaired) electrons. The van der Waals surface area contributed by atoms with Crippen molar-refractivity contribution in [2.24, 2.45) is 0 Å². The van der Waals surface area contributed by atoms with Crippen LogP contribution in [0.15, 0.2) is 41.2 Å². The van der Waals surface area contributed by atoms with Gasteiger partial charge in [0.25, 0.3) is 11.5 Å². The molecular formula is C18H22N2O5. The van der Waals surface area contributed by atoms with Crippen molar-refractivity contribution in [2.75, 3.05) is 20.3 Å². The van der Waals surface area contributed by atoms with E-state index in [4.69, 9.17) is 9.47 Å². The lowest BCUT2D eigenvalue weighted by Crippen LogP contribution is -2.37. The van der Waals surface area contributed by atoms with Crippen LogP contribution >= 0.6 is 0 Å². The summed E-state index contributed by atoms with van der Waals surface area (Å²) < 4.78 is 10.5. The lowest BCUT2D eigenvalue weighted by Gasteiger charge is -2.12. The molecule has 3 N–H and O–H groups in total. The number of ether oxygens (including phenoxy) is 2. The molecule has 0 bridgehead atoms. The second kappa shape index (κ2) is 9.00. The van der Waals surface area contributed by atoms with Crippen molar-refractivity contribution in [1.29, 1.82) is 0 Å². The zero-order valence-electron chi connectivity index (χ0n) is 14.2. The van der Waals surface area contributed by atoms with Gasteiger partial charge in [-0.15, -0.1) is 0 Å². The number of aliphatic hydroxyl groups is 1. The number of aryl methyl sites for hydroxylation is 1. The zero-order valence-corrected chi connectivity index (χ0v) is 14.2. The maximum atomic E-state index is 11.9. The molecule has 1 aromatic carbocycles. The van der Waals surface area contributed by atoms with Crippen LogP contribution in [0.3, 0.4) is 0 Å². The molecule has 1 heterocycles. The van der Waals surface area contributed by atoms with Crippen LogP contribution in [0.25, 0.3) is 0 Å². The van der Waals surface area contributed by atoms with Gasteiger partial charge in [-0.2, -0.15) is 0 Å². The van der Waals surface area contributed by atoms with Gasteiger partial charge in [-0.25, -0.2) is 0 Å². The van der Waals surface area contributed by atoms with Gasteiger partial charge in [-0.05, 0) is 36.8 Å². The Labute approximate surface area is 145 Å². The molecule has 1 atom stereocenters. The topological polar surface area (TPSA) is 101 Å². The summed E-state index contributed by atoms with van der Waals surface area (Å²) in [6.07, 6.45) is -0.869. The smallest absolute Gasteiger partial charge is 0.260 e. The number of aromatic amines is 1. The number of amides is 1. The van der Waals surface area contributed by atoms with E-state index >= 15 is 0 Å². The third-order valence-corrected chi connectivity index (χ3v) is 3.54. The summed E-state index contributed by atoms with van der Waals surface area (Å²) >= 11 is 0. The van der Waals surface area contributed by atoms with E-state index in [1.54, 1.807) is 20.1 Å². The van der Waals surface area contributed by atoms with Crippen LogP contribution in [0.4, 0.5) is 0 Å². The molecule has 0 spiro atoms. The van der Waals surface area contributed by atoms with Gasteiger partial charge in [0, 0.05) is 12.2 Å². The normalized spacial score (nSPS) is 11.8. The quantitative estimate of drug-likeness (QED) is 0.662. The first kappa shape index (κ1) is 18.7. The Morgan fingerprint density at radius 2 is 1.96 bits per heavy atom. The molecule has 0 saturated carbocycles. The summed E-state index contributed by atoms with van der Waals surface area (Å²) in [4.78, 5) is 26.2. The number of carbonyl (C=O) groups is 1. The fourth-order valence-corrected chi connectivity index (χ4v) is 2.15. The number of H-pyrrole nitrogens is 1. The molecule has 0 aliphatic carbocycles. The first-order valence-corrected chi connectivity index (χ1v) is 7.86. The third-order valence-electron chi connectivity index (χ3n) is 3.54. The molecule has 7 nitrogen and oxygen atoms in total. The van der Waals surface area contributed by atoms with Gasteiger partial charge < -0.3 is 24.9 Å². The van der Waals surface area contributed by atoms with Gasteiger partial charge >= 0.3 is 0 Å². The van der Waals surface area contributed by atoms with E-state index in [1.807, 2.05) is 24.3 Å². The molecule has 2 aromatic rings. The summed E-state index contributed by atoms with van der Waals surface area (Å²) in [5.41, 5.74) is 1.18. The van der Waals surface area contributed by atoms with E-state index in [0.717, 1.165) is 11.3 Å². The zero-order chi connectivity index (χ0) is 18.2. The summed E-state index contributed by atoms with van der Waals surface area (Å²) in [7, 11) is 1.60. The van der Waals surface area contributed by atoms with Crippen LogP contribution in [0.1, 0.15) is 21.6 Å². The summed E-state index contributed by atoms with van der Waals surface area (Å²) in [5, 5.41) is 12.4. The minimum atomic E-state index is -0.869. The van der Waals surface area contributed by atoms with Gasteiger partial charge in [-0.3, -0.25) is 9.59 Å². The van der Waals surface area contributed by atoms with Crippen LogP contribution in [-0.4, -0.2) is 42.4 Å². The van der Waals surface area contributed by atoms with Gasteiger partial charge in [0.15, 0.2) is 0 Å². The van der Waals surface area contributed by atoms with Crippen molar-refractivity contribution in [2.45, 2.75) is 19.6 Å². The number of nitrogens with one attached hydrogen (secondary N) is 2. The SMILES string of the molecule is COc1ccc(COC[C@H](O)CNC(=O)c2ccc(C)[nH]c2=O)cc1. The molecule has 0 unspecified atom stereocenters. The Morgan fingerprint density at radius 3 is 2.60 bits per heavy atom. The van der Waals surface area contributed by atoms with Crippen LogP contribution < -0.4 is 15.6 Å².